The van der Waals surface area contributed by atoms with Crippen LogP contribution in [0.2, 0.25) is 0 Å². The van der Waals surface area contributed by atoms with Crippen molar-refractivity contribution in [1.29, 1.82) is 0 Å². The van der Waals surface area contributed by atoms with Gasteiger partial charge in [0.25, 0.3) is 5.91 Å². The van der Waals surface area contributed by atoms with Crippen LogP contribution in [0.25, 0.3) is 0 Å². The average molecular weight is 361 g/mol. The highest BCUT2D eigenvalue weighted by atomic mass is 16.2. The van der Waals surface area contributed by atoms with E-state index in [4.69, 9.17) is 0 Å². The van der Waals surface area contributed by atoms with Crippen LogP contribution in [0.4, 0.5) is 4.79 Å². The predicted octanol–water partition coefficient (Wildman–Crippen LogP) is 0.407. The number of aryl methyl sites for hydroxylation is 1. The number of nitrogens with one attached hydrogen (secondary N) is 2. The lowest BCUT2D eigenvalue weighted by Crippen LogP contribution is -2.48. The Balaban J connectivity index is 1.83. The van der Waals surface area contributed by atoms with E-state index in [1.807, 2.05) is 33.2 Å². The largest absolute Gasteiger partial charge is 0.355 e. The number of hydrogen-bond donors (Lipinski definition) is 2. The first-order valence-electron chi connectivity index (χ1n) is 9.02. The Labute approximate surface area is 153 Å². The Morgan fingerprint density at radius 3 is 2.50 bits per heavy atom. The van der Waals surface area contributed by atoms with Gasteiger partial charge in [0.15, 0.2) is 0 Å². The maximum Gasteiger partial charge on any atom is 0.317 e. The monoisotopic (exact) mass is 361 g/mol. The number of aromatic nitrogens is 1. The van der Waals surface area contributed by atoms with Gasteiger partial charge in [0, 0.05) is 63.8 Å². The van der Waals surface area contributed by atoms with E-state index in [1.165, 1.54) is 0 Å². The van der Waals surface area contributed by atoms with Crippen molar-refractivity contribution in [2.24, 2.45) is 12.5 Å². The molecular formula is C18H27N5O3. The van der Waals surface area contributed by atoms with Crippen molar-refractivity contribution in [2.45, 2.75) is 26.3 Å². The zero-order valence-electron chi connectivity index (χ0n) is 15.6. The number of urea groups is 1. The van der Waals surface area contributed by atoms with E-state index >= 15 is 0 Å². The molecule has 1 atom stereocenters. The summed E-state index contributed by atoms with van der Waals surface area (Å²) in [7, 11) is 1.84. The second-order valence-corrected chi connectivity index (χ2v) is 7.71. The van der Waals surface area contributed by atoms with Crippen LogP contribution in [0.15, 0.2) is 18.3 Å². The van der Waals surface area contributed by atoms with Crippen molar-refractivity contribution in [3.05, 3.63) is 24.0 Å². The number of amides is 4. The Hall–Kier alpha value is -2.51. The van der Waals surface area contributed by atoms with Crippen LogP contribution in [-0.4, -0.2) is 71.0 Å². The summed E-state index contributed by atoms with van der Waals surface area (Å²) in [6, 6.07) is 3.52. The topological polar surface area (TPSA) is 86.7 Å². The molecule has 2 N–H and O–H groups in total. The molecule has 0 radical (unpaired) electrons. The zero-order chi connectivity index (χ0) is 18.9. The minimum absolute atomic E-state index is 0.0256. The summed E-state index contributed by atoms with van der Waals surface area (Å²) in [5.74, 6) is -0.0928. The van der Waals surface area contributed by atoms with E-state index in [0.29, 0.717) is 44.8 Å². The first kappa shape index (κ1) is 18.3. The number of rotatable bonds is 2. The fourth-order valence-electron chi connectivity index (χ4n) is 3.76. The zero-order valence-corrected chi connectivity index (χ0v) is 15.6. The molecule has 4 amide bonds. The van der Waals surface area contributed by atoms with Gasteiger partial charge in [-0.3, -0.25) is 9.59 Å². The minimum Gasteiger partial charge on any atom is -0.355 e. The van der Waals surface area contributed by atoms with Crippen molar-refractivity contribution < 1.29 is 14.4 Å². The fourth-order valence-corrected chi connectivity index (χ4v) is 3.76. The van der Waals surface area contributed by atoms with E-state index < -0.39 is 5.41 Å². The molecule has 8 nitrogen and oxygen atoms in total. The third kappa shape index (κ3) is 3.68. The van der Waals surface area contributed by atoms with Gasteiger partial charge in [0.2, 0.25) is 5.91 Å². The number of hydrogen-bond acceptors (Lipinski definition) is 3. The lowest BCUT2D eigenvalue weighted by atomic mass is 9.86. The molecule has 3 heterocycles. The molecule has 0 bridgehead atoms. The van der Waals surface area contributed by atoms with E-state index in [0.717, 1.165) is 0 Å². The highest BCUT2D eigenvalue weighted by molar-refractivity contribution is 5.93. The van der Waals surface area contributed by atoms with Crippen molar-refractivity contribution in [2.75, 3.05) is 32.7 Å². The van der Waals surface area contributed by atoms with Crippen LogP contribution in [0.1, 0.15) is 30.8 Å². The van der Waals surface area contributed by atoms with E-state index in [-0.39, 0.29) is 23.9 Å². The van der Waals surface area contributed by atoms with Gasteiger partial charge in [0.05, 0.1) is 0 Å². The van der Waals surface area contributed by atoms with Gasteiger partial charge in [-0.25, -0.2) is 4.79 Å². The third-order valence-corrected chi connectivity index (χ3v) is 5.04. The van der Waals surface area contributed by atoms with Crippen LogP contribution in [0.3, 0.4) is 0 Å². The predicted molar refractivity (Wildman–Crippen MR) is 96.6 cm³/mol. The lowest BCUT2D eigenvalue weighted by molar-refractivity contribution is -0.119. The quantitative estimate of drug-likeness (QED) is 0.800. The van der Waals surface area contributed by atoms with E-state index in [1.54, 1.807) is 20.4 Å². The highest BCUT2D eigenvalue weighted by Crippen LogP contribution is 2.31. The maximum absolute atomic E-state index is 13.0. The van der Waals surface area contributed by atoms with Crippen LogP contribution < -0.4 is 10.6 Å². The Bertz CT molecular complexity index is 713. The SMILES string of the molecule is CC(C)NC(=O)N1CCN(C(=O)c2cccn2C)CC2(CNC(=O)C2)C1. The molecule has 2 aliphatic heterocycles. The summed E-state index contributed by atoms with van der Waals surface area (Å²) in [6.45, 7) is 6.13. The van der Waals surface area contributed by atoms with Gasteiger partial charge in [-0.1, -0.05) is 0 Å². The van der Waals surface area contributed by atoms with Crippen molar-refractivity contribution in [3.8, 4) is 0 Å². The average Bonchev–Trinajstić information content (AvgIpc) is 3.08. The van der Waals surface area contributed by atoms with Gasteiger partial charge >= 0.3 is 6.03 Å². The molecule has 0 aliphatic carbocycles. The first-order valence-corrected chi connectivity index (χ1v) is 9.02. The third-order valence-electron chi connectivity index (χ3n) is 5.04. The Kier molecular flexibility index (Phi) is 4.93. The molecule has 1 unspecified atom stereocenters. The van der Waals surface area contributed by atoms with E-state index in [9.17, 15) is 14.4 Å². The van der Waals surface area contributed by atoms with Gasteiger partial charge in [0.1, 0.15) is 5.69 Å². The summed E-state index contributed by atoms with van der Waals surface area (Å²) >= 11 is 0. The molecule has 142 valence electrons. The van der Waals surface area contributed by atoms with Crippen molar-refractivity contribution >= 4 is 17.8 Å². The molecule has 1 spiro atoms. The second-order valence-electron chi connectivity index (χ2n) is 7.71. The maximum atomic E-state index is 13.0. The summed E-state index contributed by atoms with van der Waals surface area (Å²) in [6.07, 6.45) is 2.17. The first-order chi connectivity index (χ1) is 12.3. The molecule has 2 fully saturated rings. The number of carbonyl (C=O) groups is 3. The fraction of sp³-hybridized carbons (Fsp3) is 0.611. The molecule has 0 saturated carbocycles. The molecule has 0 aromatic carbocycles. The summed E-state index contributed by atoms with van der Waals surface area (Å²) in [5.41, 5.74) is 0.167. The van der Waals surface area contributed by atoms with Gasteiger partial charge in [-0.2, -0.15) is 0 Å². The standard InChI is InChI=1S/C18H27N5O3/c1-13(2)20-17(26)23-8-7-22(16(25)14-5-4-6-21(14)3)11-18(12-23)9-15(24)19-10-18/h4-6,13H,7-12H2,1-3H3,(H,19,24)(H,20,26). The molecule has 1 aromatic heterocycles. The Morgan fingerprint density at radius 2 is 1.92 bits per heavy atom. The molecule has 8 heteroatoms. The molecule has 2 saturated heterocycles. The van der Waals surface area contributed by atoms with Gasteiger partial charge in [-0.05, 0) is 26.0 Å². The summed E-state index contributed by atoms with van der Waals surface area (Å²) < 4.78 is 1.79. The summed E-state index contributed by atoms with van der Waals surface area (Å²) in [4.78, 5) is 41.0. The molecule has 1 aromatic rings. The van der Waals surface area contributed by atoms with Crippen LogP contribution >= 0.6 is 0 Å². The normalized spacial score (nSPS) is 23.3. The lowest BCUT2D eigenvalue weighted by Gasteiger charge is -2.33. The van der Waals surface area contributed by atoms with Crippen LogP contribution in [0, 0.1) is 5.41 Å². The number of nitrogens with zero attached hydrogens (tertiary/aromatic N) is 3. The second kappa shape index (κ2) is 7.01. The summed E-state index contributed by atoms with van der Waals surface area (Å²) in [5, 5.41) is 5.79. The van der Waals surface area contributed by atoms with Crippen molar-refractivity contribution in [1.82, 2.24) is 25.0 Å². The van der Waals surface area contributed by atoms with Crippen LogP contribution in [-0.2, 0) is 11.8 Å². The smallest absolute Gasteiger partial charge is 0.317 e. The van der Waals surface area contributed by atoms with Gasteiger partial charge in [-0.15, -0.1) is 0 Å². The van der Waals surface area contributed by atoms with E-state index in [2.05, 4.69) is 10.6 Å². The van der Waals surface area contributed by atoms with Crippen molar-refractivity contribution in [3.63, 3.8) is 0 Å². The van der Waals surface area contributed by atoms with Gasteiger partial charge < -0.3 is 25.0 Å². The number of carbonyl (C=O) groups excluding carboxylic acids is 3. The molecule has 3 rings (SSSR count). The molecule has 2 aliphatic rings. The molecule has 26 heavy (non-hydrogen) atoms. The molecular weight excluding hydrogens is 334 g/mol. The minimum atomic E-state index is -0.442. The highest BCUT2D eigenvalue weighted by Gasteiger charge is 2.45. The Morgan fingerprint density at radius 1 is 1.23 bits per heavy atom. The van der Waals surface area contributed by atoms with Crippen LogP contribution in [0.5, 0.6) is 0 Å².